The summed E-state index contributed by atoms with van der Waals surface area (Å²) in [5.41, 5.74) is 7.98. The molecule has 1 aliphatic heterocycles. The number of nitrogen functional groups attached to an aromatic ring is 1. The lowest BCUT2D eigenvalue weighted by Crippen LogP contribution is -2.49. The zero-order chi connectivity index (χ0) is 23.3. The fraction of sp³-hybridized carbons (Fsp3) is 0.455. The van der Waals surface area contributed by atoms with Crippen LogP contribution in [0.15, 0.2) is 41.6 Å². The fourth-order valence-electron chi connectivity index (χ4n) is 3.35. The standard InChI is InChI=1S/C22H29N5O4S/c1-22(2,3)31-21(28)26-10-8-25(9-11-26)14-16-12-18(23)20(24-13-16)32-15-17-6-4-5-7-19(17)27(29)30/h4-7,12-13H,8-11,14-15,23H2,1-3H3. The van der Waals surface area contributed by atoms with E-state index in [1.807, 2.05) is 26.8 Å². The number of nitrogens with zero attached hydrogens (tertiary/aromatic N) is 4. The molecule has 2 aromatic rings. The number of para-hydroxylation sites is 1. The third kappa shape index (κ3) is 6.57. The zero-order valence-electron chi connectivity index (χ0n) is 18.6. The first-order valence-corrected chi connectivity index (χ1v) is 11.4. The third-order valence-corrected chi connectivity index (χ3v) is 5.99. The smallest absolute Gasteiger partial charge is 0.410 e. The first-order valence-electron chi connectivity index (χ1n) is 10.4. The summed E-state index contributed by atoms with van der Waals surface area (Å²) in [6.45, 7) is 8.99. The van der Waals surface area contributed by atoms with E-state index in [0.29, 0.717) is 41.7 Å². The minimum atomic E-state index is -0.497. The number of piperazine rings is 1. The van der Waals surface area contributed by atoms with Gasteiger partial charge < -0.3 is 15.4 Å². The molecule has 1 aromatic heterocycles. The summed E-state index contributed by atoms with van der Waals surface area (Å²) >= 11 is 1.38. The zero-order valence-corrected chi connectivity index (χ0v) is 19.4. The number of anilines is 1. The number of rotatable bonds is 6. The van der Waals surface area contributed by atoms with E-state index >= 15 is 0 Å². The predicted octanol–water partition coefficient (Wildman–Crippen LogP) is 3.92. The Balaban J connectivity index is 1.53. The summed E-state index contributed by atoms with van der Waals surface area (Å²) in [4.78, 5) is 31.5. The van der Waals surface area contributed by atoms with E-state index in [-0.39, 0.29) is 16.7 Å². The second kappa shape index (κ2) is 10.2. The van der Waals surface area contributed by atoms with Gasteiger partial charge in [0.05, 0.1) is 10.6 Å². The molecule has 0 atom stereocenters. The summed E-state index contributed by atoms with van der Waals surface area (Å²) in [7, 11) is 0. The van der Waals surface area contributed by atoms with Gasteiger partial charge in [0.25, 0.3) is 5.69 Å². The normalized spacial score (nSPS) is 14.9. The first-order chi connectivity index (χ1) is 15.1. The van der Waals surface area contributed by atoms with Crippen molar-refractivity contribution in [3.8, 4) is 0 Å². The Morgan fingerprint density at radius 2 is 1.94 bits per heavy atom. The third-order valence-electron chi connectivity index (χ3n) is 4.92. The van der Waals surface area contributed by atoms with E-state index in [2.05, 4.69) is 9.88 Å². The summed E-state index contributed by atoms with van der Waals surface area (Å²) in [5, 5.41) is 11.8. The highest BCUT2D eigenvalue weighted by Gasteiger charge is 2.26. The van der Waals surface area contributed by atoms with Crippen molar-refractivity contribution in [1.29, 1.82) is 0 Å². The summed E-state index contributed by atoms with van der Waals surface area (Å²) < 4.78 is 5.44. The summed E-state index contributed by atoms with van der Waals surface area (Å²) in [6, 6.07) is 8.58. The Hall–Kier alpha value is -2.85. The number of nitrogens with two attached hydrogens (primary N) is 1. The number of pyridine rings is 1. The molecule has 2 N–H and O–H groups in total. The van der Waals surface area contributed by atoms with Gasteiger partial charge in [0.2, 0.25) is 0 Å². The van der Waals surface area contributed by atoms with Crippen LogP contribution in [0.4, 0.5) is 16.2 Å². The van der Waals surface area contributed by atoms with Gasteiger partial charge in [0.1, 0.15) is 10.6 Å². The number of amides is 1. The monoisotopic (exact) mass is 459 g/mol. The molecular formula is C22H29N5O4S. The highest BCUT2D eigenvalue weighted by Crippen LogP contribution is 2.30. The van der Waals surface area contributed by atoms with Crippen molar-refractivity contribution in [3.63, 3.8) is 0 Å². The lowest BCUT2D eigenvalue weighted by atomic mass is 10.2. The minimum Gasteiger partial charge on any atom is -0.444 e. The number of thioether (sulfide) groups is 1. The maximum atomic E-state index is 12.2. The van der Waals surface area contributed by atoms with E-state index in [1.54, 1.807) is 29.3 Å². The Morgan fingerprint density at radius 1 is 1.25 bits per heavy atom. The number of hydrogen-bond acceptors (Lipinski definition) is 8. The lowest BCUT2D eigenvalue weighted by Gasteiger charge is -2.35. The van der Waals surface area contributed by atoms with Crippen LogP contribution in [0.5, 0.6) is 0 Å². The van der Waals surface area contributed by atoms with Gasteiger partial charge in [-0.15, -0.1) is 0 Å². The summed E-state index contributed by atoms with van der Waals surface area (Å²) in [5.74, 6) is 0.417. The maximum absolute atomic E-state index is 12.2. The molecule has 0 aliphatic carbocycles. The Labute approximate surface area is 192 Å². The molecule has 1 aromatic carbocycles. The van der Waals surface area contributed by atoms with Crippen LogP contribution < -0.4 is 5.73 Å². The van der Waals surface area contributed by atoms with Crippen molar-refractivity contribution < 1.29 is 14.5 Å². The van der Waals surface area contributed by atoms with Crippen molar-refractivity contribution in [2.75, 3.05) is 31.9 Å². The Kier molecular flexibility index (Phi) is 7.57. The van der Waals surface area contributed by atoms with Crippen LogP contribution in [-0.2, 0) is 17.0 Å². The van der Waals surface area contributed by atoms with Crippen LogP contribution in [-0.4, -0.2) is 57.6 Å². The highest BCUT2D eigenvalue weighted by atomic mass is 32.2. The second-order valence-electron chi connectivity index (χ2n) is 8.66. The maximum Gasteiger partial charge on any atom is 0.410 e. The molecule has 1 aliphatic rings. The average Bonchev–Trinajstić information content (AvgIpc) is 2.72. The predicted molar refractivity (Wildman–Crippen MR) is 124 cm³/mol. The van der Waals surface area contributed by atoms with Gasteiger partial charge in [0.15, 0.2) is 0 Å². The largest absolute Gasteiger partial charge is 0.444 e. The molecule has 32 heavy (non-hydrogen) atoms. The highest BCUT2D eigenvalue weighted by molar-refractivity contribution is 7.98. The molecule has 172 valence electrons. The number of hydrogen-bond donors (Lipinski definition) is 1. The van der Waals surface area contributed by atoms with Gasteiger partial charge in [-0.25, -0.2) is 9.78 Å². The van der Waals surface area contributed by atoms with Crippen LogP contribution in [0, 0.1) is 10.1 Å². The number of nitro groups is 1. The van der Waals surface area contributed by atoms with Gasteiger partial charge in [-0.3, -0.25) is 15.0 Å². The molecule has 2 heterocycles. The van der Waals surface area contributed by atoms with Crippen molar-refractivity contribution in [2.24, 2.45) is 0 Å². The SMILES string of the molecule is CC(C)(C)OC(=O)N1CCN(Cc2cnc(SCc3ccccc3[N+](=O)[O-])c(N)c2)CC1. The second-order valence-corrected chi connectivity index (χ2v) is 9.62. The molecule has 0 saturated carbocycles. The Bertz CT molecular complexity index is 971. The lowest BCUT2D eigenvalue weighted by molar-refractivity contribution is -0.385. The van der Waals surface area contributed by atoms with Crippen LogP contribution in [0.25, 0.3) is 0 Å². The van der Waals surface area contributed by atoms with Crippen molar-refractivity contribution in [2.45, 2.75) is 43.7 Å². The number of nitro benzene ring substituents is 1. The molecule has 0 unspecified atom stereocenters. The van der Waals surface area contributed by atoms with Crippen LogP contribution >= 0.6 is 11.8 Å². The number of benzene rings is 1. The van der Waals surface area contributed by atoms with Gasteiger partial charge in [-0.05, 0) is 32.4 Å². The van der Waals surface area contributed by atoms with Gasteiger partial charge in [-0.2, -0.15) is 0 Å². The molecule has 9 nitrogen and oxygen atoms in total. The van der Waals surface area contributed by atoms with Gasteiger partial charge >= 0.3 is 6.09 Å². The van der Waals surface area contributed by atoms with Crippen molar-refractivity contribution in [3.05, 3.63) is 57.8 Å². The van der Waals surface area contributed by atoms with E-state index in [0.717, 1.165) is 18.7 Å². The molecular weight excluding hydrogens is 430 g/mol. The molecule has 0 spiro atoms. The Morgan fingerprint density at radius 3 is 2.56 bits per heavy atom. The number of ether oxygens (including phenoxy) is 1. The molecule has 10 heteroatoms. The molecule has 3 rings (SSSR count). The fourth-order valence-corrected chi connectivity index (χ4v) is 4.24. The van der Waals surface area contributed by atoms with Gasteiger partial charge in [-0.1, -0.05) is 30.0 Å². The van der Waals surface area contributed by atoms with E-state index < -0.39 is 5.60 Å². The average molecular weight is 460 g/mol. The minimum absolute atomic E-state index is 0.0979. The molecule has 1 amide bonds. The number of carbonyl (C=O) groups excluding carboxylic acids is 1. The van der Waals surface area contributed by atoms with E-state index in [1.165, 1.54) is 17.8 Å². The van der Waals surface area contributed by atoms with Gasteiger partial charge in [0, 0.05) is 56.3 Å². The topological polar surface area (TPSA) is 115 Å². The van der Waals surface area contributed by atoms with E-state index in [9.17, 15) is 14.9 Å². The van der Waals surface area contributed by atoms with Crippen LogP contribution in [0.2, 0.25) is 0 Å². The molecule has 1 fully saturated rings. The van der Waals surface area contributed by atoms with E-state index in [4.69, 9.17) is 10.5 Å². The van der Waals surface area contributed by atoms with Crippen LogP contribution in [0.3, 0.4) is 0 Å². The number of carbonyl (C=O) groups is 1. The van der Waals surface area contributed by atoms with Crippen molar-refractivity contribution in [1.82, 2.24) is 14.8 Å². The van der Waals surface area contributed by atoms with Crippen molar-refractivity contribution >= 4 is 29.2 Å². The first kappa shape index (κ1) is 23.8. The molecule has 0 bridgehead atoms. The summed E-state index contributed by atoms with van der Waals surface area (Å²) in [6.07, 6.45) is 1.52. The quantitative estimate of drug-likeness (QED) is 0.393. The van der Waals surface area contributed by atoms with Crippen LogP contribution in [0.1, 0.15) is 31.9 Å². The number of aromatic nitrogens is 1. The molecule has 0 radical (unpaired) electrons. The molecule has 1 saturated heterocycles.